The van der Waals surface area contributed by atoms with E-state index >= 15 is 0 Å². The van der Waals surface area contributed by atoms with E-state index in [4.69, 9.17) is 4.74 Å². The van der Waals surface area contributed by atoms with Crippen molar-refractivity contribution < 1.29 is 14.3 Å². The maximum absolute atomic E-state index is 12.1. The zero-order valence-corrected chi connectivity index (χ0v) is 13.7. The third kappa shape index (κ3) is 5.45. The van der Waals surface area contributed by atoms with Crippen LogP contribution in [-0.2, 0) is 20.1 Å². The molecule has 2 rings (SSSR count). The smallest absolute Gasteiger partial charge is 0.333 e. The van der Waals surface area contributed by atoms with E-state index < -0.39 is 12.0 Å². The zero-order chi connectivity index (χ0) is 16.5. The van der Waals surface area contributed by atoms with Crippen molar-refractivity contribution >= 4 is 23.6 Å². The van der Waals surface area contributed by atoms with E-state index in [1.165, 1.54) is 18.9 Å². The summed E-state index contributed by atoms with van der Waals surface area (Å²) < 4.78 is 4.78. The van der Waals surface area contributed by atoms with Crippen molar-refractivity contribution in [3.8, 4) is 0 Å². The summed E-state index contributed by atoms with van der Waals surface area (Å²) in [6.45, 7) is 0. The number of benzene rings is 2. The van der Waals surface area contributed by atoms with Gasteiger partial charge in [-0.15, -0.1) is 11.8 Å². The Kier molecular flexibility index (Phi) is 6.69. The molecule has 0 aliphatic heterocycles. The molecule has 0 saturated carbocycles. The van der Waals surface area contributed by atoms with Gasteiger partial charge in [0.15, 0.2) is 6.04 Å². The average molecular weight is 329 g/mol. The van der Waals surface area contributed by atoms with Gasteiger partial charge in [-0.3, -0.25) is 4.79 Å². The fourth-order valence-electron chi connectivity index (χ4n) is 2.08. The van der Waals surface area contributed by atoms with Gasteiger partial charge in [-0.1, -0.05) is 60.7 Å². The monoisotopic (exact) mass is 329 g/mol. The van der Waals surface area contributed by atoms with Crippen LogP contribution in [0.25, 0.3) is 0 Å². The predicted octanol–water partition coefficient (Wildman–Crippen LogP) is 2.95. The second-order valence-electron chi connectivity index (χ2n) is 4.91. The molecular weight excluding hydrogens is 310 g/mol. The quantitative estimate of drug-likeness (QED) is 0.794. The van der Waals surface area contributed by atoms with Gasteiger partial charge >= 0.3 is 5.97 Å². The number of hydrogen-bond donors (Lipinski definition) is 1. The van der Waals surface area contributed by atoms with Crippen LogP contribution in [0.3, 0.4) is 0 Å². The minimum absolute atomic E-state index is 0.190. The molecule has 1 N–H and O–H groups in total. The van der Waals surface area contributed by atoms with E-state index in [-0.39, 0.29) is 11.7 Å². The van der Waals surface area contributed by atoms with Gasteiger partial charge in [-0.25, -0.2) is 4.79 Å². The number of esters is 1. The first kappa shape index (κ1) is 17.1. The molecule has 0 saturated heterocycles. The number of carbonyl (C=O) groups excluding carboxylic acids is 2. The molecule has 0 heterocycles. The Labute approximate surface area is 140 Å². The Hall–Kier alpha value is -2.27. The van der Waals surface area contributed by atoms with Gasteiger partial charge in [0.1, 0.15) is 0 Å². The molecule has 1 atom stereocenters. The molecule has 0 bridgehead atoms. The SMILES string of the molecule is COC(=O)[C@H](NC(=O)CSCc1ccccc1)c1ccccc1. The molecule has 1 amide bonds. The van der Waals surface area contributed by atoms with Gasteiger partial charge in [0, 0.05) is 5.75 Å². The Morgan fingerprint density at radius 1 is 1.04 bits per heavy atom. The molecule has 0 spiro atoms. The minimum atomic E-state index is -0.772. The van der Waals surface area contributed by atoms with E-state index in [0.29, 0.717) is 5.56 Å². The number of methoxy groups -OCH3 is 1. The number of nitrogens with one attached hydrogen (secondary N) is 1. The molecule has 5 heteroatoms. The van der Waals surface area contributed by atoms with Crippen molar-refractivity contribution in [3.63, 3.8) is 0 Å². The van der Waals surface area contributed by atoms with Crippen molar-refractivity contribution in [1.29, 1.82) is 0 Å². The van der Waals surface area contributed by atoms with Crippen molar-refractivity contribution in [3.05, 3.63) is 71.8 Å². The highest BCUT2D eigenvalue weighted by Gasteiger charge is 2.23. The Balaban J connectivity index is 1.89. The fraction of sp³-hybridized carbons (Fsp3) is 0.222. The van der Waals surface area contributed by atoms with Gasteiger partial charge in [0.05, 0.1) is 12.9 Å². The molecule has 120 valence electrons. The van der Waals surface area contributed by atoms with Crippen molar-refractivity contribution in [2.75, 3.05) is 12.9 Å². The maximum atomic E-state index is 12.1. The average Bonchev–Trinajstić information content (AvgIpc) is 2.60. The lowest BCUT2D eigenvalue weighted by molar-refractivity contribution is -0.145. The van der Waals surface area contributed by atoms with Crippen LogP contribution < -0.4 is 5.32 Å². The lowest BCUT2D eigenvalue weighted by Gasteiger charge is -2.16. The Morgan fingerprint density at radius 3 is 2.26 bits per heavy atom. The first-order chi connectivity index (χ1) is 11.2. The third-order valence-corrected chi connectivity index (χ3v) is 4.22. The van der Waals surface area contributed by atoms with E-state index in [9.17, 15) is 9.59 Å². The number of amides is 1. The standard InChI is InChI=1S/C18H19NO3S/c1-22-18(21)17(15-10-6-3-7-11-15)19-16(20)13-23-12-14-8-4-2-5-9-14/h2-11,17H,12-13H2,1H3,(H,19,20)/t17-/m1/s1. The second kappa shape index (κ2) is 9.00. The molecule has 2 aromatic carbocycles. The van der Waals surface area contributed by atoms with Crippen LogP contribution in [0.1, 0.15) is 17.2 Å². The molecule has 0 radical (unpaired) electrons. The summed E-state index contributed by atoms with van der Waals surface area (Å²) in [5.74, 6) is 0.375. The first-order valence-corrected chi connectivity index (χ1v) is 8.40. The number of ether oxygens (including phenoxy) is 1. The van der Waals surface area contributed by atoms with Crippen LogP contribution in [0.15, 0.2) is 60.7 Å². The lowest BCUT2D eigenvalue weighted by Crippen LogP contribution is -2.35. The van der Waals surface area contributed by atoms with Crippen molar-refractivity contribution in [1.82, 2.24) is 5.32 Å². The fourth-order valence-corrected chi connectivity index (χ4v) is 2.88. The highest BCUT2D eigenvalue weighted by molar-refractivity contribution is 7.99. The van der Waals surface area contributed by atoms with Crippen LogP contribution in [-0.4, -0.2) is 24.7 Å². The maximum Gasteiger partial charge on any atom is 0.333 e. The van der Waals surface area contributed by atoms with E-state index in [2.05, 4.69) is 5.32 Å². The molecule has 0 unspecified atom stereocenters. The summed E-state index contributed by atoms with van der Waals surface area (Å²) in [7, 11) is 1.31. The summed E-state index contributed by atoms with van der Waals surface area (Å²) in [4.78, 5) is 24.0. The lowest BCUT2D eigenvalue weighted by atomic mass is 10.1. The second-order valence-corrected chi connectivity index (χ2v) is 5.90. The summed E-state index contributed by atoms with van der Waals surface area (Å²) in [6.07, 6.45) is 0. The Bertz CT molecular complexity index is 631. The summed E-state index contributed by atoms with van der Waals surface area (Å²) in [5.41, 5.74) is 1.87. The molecule has 2 aromatic rings. The molecule has 0 aromatic heterocycles. The third-order valence-electron chi connectivity index (χ3n) is 3.22. The van der Waals surface area contributed by atoms with Crippen LogP contribution in [0.5, 0.6) is 0 Å². The number of thioether (sulfide) groups is 1. The molecule has 23 heavy (non-hydrogen) atoms. The van der Waals surface area contributed by atoms with Crippen LogP contribution in [0.2, 0.25) is 0 Å². The largest absolute Gasteiger partial charge is 0.467 e. The molecule has 4 nitrogen and oxygen atoms in total. The van der Waals surface area contributed by atoms with Gasteiger partial charge in [0.25, 0.3) is 0 Å². The van der Waals surface area contributed by atoms with E-state index in [0.717, 1.165) is 11.3 Å². The summed E-state index contributed by atoms with van der Waals surface area (Å²) in [5, 5.41) is 2.74. The predicted molar refractivity (Wildman–Crippen MR) is 91.9 cm³/mol. The normalized spacial score (nSPS) is 11.5. The van der Waals surface area contributed by atoms with Gasteiger partial charge in [-0.05, 0) is 11.1 Å². The molecule has 0 aliphatic carbocycles. The van der Waals surface area contributed by atoms with Crippen LogP contribution in [0.4, 0.5) is 0 Å². The number of rotatable bonds is 7. The highest BCUT2D eigenvalue weighted by Crippen LogP contribution is 2.16. The van der Waals surface area contributed by atoms with Gasteiger partial charge < -0.3 is 10.1 Å². The summed E-state index contributed by atoms with van der Waals surface area (Å²) >= 11 is 1.51. The topological polar surface area (TPSA) is 55.4 Å². The van der Waals surface area contributed by atoms with E-state index in [1.807, 2.05) is 48.5 Å². The number of carbonyl (C=O) groups is 2. The van der Waals surface area contributed by atoms with Crippen LogP contribution >= 0.6 is 11.8 Å². The zero-order valence-electron chi connectivity index (χ0n) is 12.9. The highest BCUT2D eigenvalue weighted by atomic mass is 32.2. The van der Waals surface area contributed by atoms with E-state index in [1.54, 1.807) is 12.1 Å². The Morgan fingerprint density at radius 2 is 1.65 bits per heavy atom. The first-order valence-electron chi connectivity index (χ1n) is 7.24. The van der Waals surface area contributed by atoms with Gasteiger partial charge in [0.2, 0.25) is 5.91 Å². The van der Waals surface area contributed by atoms with Crippen molar-refractivity contribution in [2.24, 2.45) is 0 Å². The summed E-state index contributed by atoms with van der Waals surface area (Å²) in [6, 6.07) is 18.2. The minimum Gasteiger partial charge on any atom is -0.467 e. The molecule has 0 fully saturated rings. The molecular formula is C18H19NO3S. The number of hydrogen-bond acceptors (Lipinski definition) is 4. The van der Waals surface area contributed by atoms with Crippen LogP contribution in [0, 0.1) is 0 Å². The van der Waals surface area contributed by atoms with Gasteiger partial charge in [-0.2, -0.15) is 0 Å². The van der Waals surface area contributed by atoms with Crippen molar-refractivity contribution in [2.45, 2.75) is 11.8 Å². The molecule has 0 aliphatic rings.